The van der Waals surface area contributed by atoms with E-state index in [1.165, 1.54) is 0 Å². The van der Waals surface area contributed by atoms with Crippen molar-refractivity contribution in [1.82, 2.24) is 16.0 Å². The maximum Gasteiger partial charge on any atom is 0.251 e. The predicted molar refractivity (Wildman–Crippen MR) is 251 cm³/mol. The van der Waals surface area contributed by atoms with Gasteiger partial charge in [0.15, 0.2) is 0 Å². The van der Waals surface area contributed by atoms with Gasteiger partial charge in [0.05, 0.1) is 52.9 Å². The average molecular weight is 939 g/mol. The van der Waals surface area contributed by atoms with Crippen LogP contribution in [0, 0.1) is 37.0 Å². The van der Waals surface area contributed by atoms with Gasteiger partial charge in [-0.3, -0.25) is 19.2 Å². The van der Waals surface area contributed by atoms with Gasteiger partial charge in [-0.1, -0.05) is 67.7 Å². The Balaban J connectivity index is 2.25. The number of hydrogen-bond acceptors (Lipinski definition) is 13. The van der Waals surface area contributed by atoms with Crippen molar-refractivity contribution in [2.45, 2.75) is 76.4 Å². The van der Waals surface area contributed by atoms with Gasteiger partial charge in [0.1, 0.15) is 31.4 Å². The van der Waals surface area contributed by atoms with E-state index in [9.17, 15) is 24.1 Å². The van der Waals surface area contributed by atoms with Gasteiger partial charge in [-0.05, 0) is 61.1 Å². The Labute approximate surface area is 390 Å². The molecule has 0 heterocycles. The number of ether oxygens (including phenoxy) is 6. The summed E-state index contributed by atoms with van der Waals surface area (Å²) in [5.41, 5.74) is 0.509. The third-order valence-corrected chi connectivity index (χ3v) is 12.9. The number of ketones is 1. The first kappa shape index (κ1) is 56.5. The monoisotopic (exact) mass is 938 g/mol. The van der Waals surface area contributed by atoms with Gasteiger partial charge in [-0.15, -0.1) is 19.3 Å². The van der Waals surface area contributed by atoms with E-state index in [1.807, 2.05) is 12.1 Å². The predicted octanol–water partition coefficient (Wildman–Crippen LogP) is 4.20. The molecule has 0 aromatic heterocycles. The maximum absolute atomic E-state index is 14.1. The average Bonchev–Trinajstić information content (AvgIpc) is 3.29. The molecule has 2 aromatic rings. The van der Waals surface area contributed by atoms with Crippen LogP contribution in [0.25, 0.3) is 11.1 Å². The lowest BCUT2D eigenvalue weighted by Crippen LogP contribution is -2.50. The zero-order valence-electron chi connectivity index (χ0n) is 37.7. The van der Waals surface area contributed by atoms with Crippen LogP contribution in [0.1, 0.15) is 75.6 Å². The lowest BCUT2D eigenvalue weighted by molar-refractivity contribution is -0.177. The van der Waals surface area contributed by atoms with E-state index in [0.717, 1.165) is 11.1 Å². The molecule has 65 heavy (non-hydrogen) atoms. The fourth-order valence-electron chi connectivity index (χ4n) is 5.99. The molecule has 3 N–H and O–H groups in total. The Bertz CT molecular complexity index is 1780. The number of rotatable bonds is 37. The van der Waals surface area contributed by atoms with Crippen molar-refractivity contribution in [2.75, 3.05) is 92.4 Å². The molecule has 356 valence electrons. The van der Waals surface area contributed by atoms with Crippen molar-refractivity contribution < 1.29 is 57.0 Å². The summed E-state index contributed by atoms with van der Waals surface area (Å²) in [5.74, 6) is 6.46. The molecule has 0 spiro atoms. The van der Waals surface area contributed by atoms with Crippen LogP contribution < -0.4 is 25.4 Å². The van der Waals surface area contributed by atoms with Crippen molar-refractivity contribution in [1.29, 1.82) is 0 Å². The Kier molecular flexibility index (Phi) is 29.4. The minimum atomic E-state index is -3.24. The van der Waals surface area contributed by atoms with Crippen LogP contribution in [-0.2, 0) is 54.6 Å². The number of benzene rings is 2. The van der Waals surface area contributed by atoms with Crippen LogP contribution in [0.3, 0.4) is 0 Å². The SMILES string of the molecule is C#CCOCCOCCCC(=O)CCC(CCC(=O)NCCOCCOCC#C)(CCC(=O)NCCOCCOCC#C)NC(=O)c1ccc(-c2ccc(OP([O-])(=S)C(C)C)cc2)cc1. The fourth-order valence-corrected chi connectivity index (χ4v) is 6.87. The first-order valence-corrected chi connectivity index (χ1v) is 24.4. The highest BCUT2D eigenvalue weighted by Crippen LogP contribution is 2.43. The Morgan fingerprint density at radius 1 is 0.631 bits per heavy atom. The van der Waals surface area contributed by atoms with Crippen molar-refractivity contribution in [2.24, 2.45) is 0 Å². The standard InChI is InChI=1S/C48H66N3O12PS/c1-6-27-57-33-36-60-30-9-10-43(52)19-22-48(23-20-45(53)49-25-31-61-37-34-58-28-7-2,24-21-46(54)50-26-32-62-38-35-59-29-8-3)51-47(55)42-13-11-40(12-14-42)41-15-17-44(18-16-41)63-64(56,65)39(4)5/h1-3,11-18,39H,9-10,19-38H2,4-5H3,(H,49,53)(H,50,54)(H,51,55)(H,56,65)/p-1. The molecule has 2 rings (SSSR count). The number of terminal acetylenes is 3. The Morgan fingerprint density at radius 3 is 1.52 bits per heavy atom. The first-order valence-electron chi connectivity index (χ1n) is 21.7. The van der Waals surface area contributed by atoms with E-state index in [4.69, 9.17) is 64.0 Å². The Morgan fingerprint density at radius 2 is 1.06 bits per heavy atom. The molecule has 3 amide bonds. The van der Waals surface area contributed by atoms with Gasteiger partial charge in [-0.25, -0.2) is 0 Å². The lowest BCUT2D eigenvalue weighted by atomic mass is 9.82. The third kappa shape index (κ3) is 25.6. The number of carbonyl (C=O) groups is 4. The van der Waals surface area contributed by atoms with Crippen molar-refractivity contribution in [3.8, 4) is 53.9 Å². The molecule has 17 heteroatoms. The smallest absolute Gasteiger partial charge is 0.251 e. The van der Waals surface area contributed by atoms with E-state index in [1.54, 1.807) is 50.2 Å². The van der Waals surface area contributed by atoms with Gasteiger partial charge in [0.2, 0.25) is 11.8 Å². The maximum atomic E-state index is 14.1. The summed E-state index contributed by atoms with van der Waals surface area (Å²) in [6, 6.07) is 13.9. The number of carbonyl (C=O) groups excluding carboxylic acids is 4. The van der Waals surface area contributed by atoms with Crippen LogP contribution >= 0.6 is 6.49 Å². The van der Waals surface area contributed by atoms with Crippen molar-refractivity contribution in [3.63, 3.8) is 0 Å². The van der Waals surface area contributed by atoms with Crippen molar-refractivity contribution in [3.05, 3.63) is 54.1 Å². The van der Waals surface area contributed by atoms with Crippen molar-refractivity contribution >= 4 is 41.8 Å². The van der Waals surface area contributed by atoms with Crippen LogP contribution in [-0.4, -0.2) is 127 Å². The highest BCUT2D eigenvalue weighted by molar-refractivity contribution is 8.09. The lowest BCUT2D eigenvalue weighted by Gasteiger charge is -2.35. The van der Waals surface area contributed by atoms with E-state index in [-0.39, 0.29) is 114 Å². The largest absolute Gasteiger partial charge is 0.791 e. The van der Waals surface area contributed by atoms with Gasteiger partial charge >= 0.3 is 0 Å². The molecule has 0 saturated carbocycles. The molecule has 0 aliphatic carbocycles. The summed E-state index contributed by atoms with van der Waals surface area (Å²) in [6.45, 7) is 4.06. The summed E-state index contributed by atoms with van der Waals surface area (Å²) in [4.78, 5) is 66.4. The van der Waals surface area contributed by atoms with Crippen LogP contribution in [0.15, 0.2) is 48.5 Å². The molecule has 0 aliphatic rings. The van der Waals surface area contributed by atoms with Gasteiger partial charge in [0.25, 0.3) is 5.91 Å². The second-order valence-corrected chi connectivity index (χ2v) is 18.8. The summed E-state index contributed by atoms with van der Waals surface area (Å²) in [7, 11) is 0. The number of amides is 3. The molecule has 2 aromatic carbocycles. The second kappa shape index (κ2) is 33.8. The Hall–Kier alpha value is -4.63. The molecule has 1 atom stereocenters. The van der Waals surface area contributed by atoms with Crippen LogP contribution in [0.4, 0.5) is 0 Å². The number of Topliss-reactive ketones (excluding diaryl/α,β-unsaturated/α-hetero) is 1. The first-order chi connectivity index (χ1) is 31.3. The zero-order chi connectivity index (χ0) is 47.6. The fraction of sp³-hybridized carbons (Fsp3) is 0.542. The highest BCUT2D eigenvalue weighted by atomic mass is 32.5. The van der Waals surface area contributed by atoms with E-state index >= 15 is 0 Å². The summed E-state index contributed by atoms with van der Waals surface area (Å²) >= 11 is 5.16. The van der Waals surface area contributed by atoms with E-state index in [2.05, 4.69) is 33.7 Å². The molecule has 0 aliphatic heterocycles. The molecule has 15 nitrogen and oxygen atoms in total. The van der Waals surface area contributed by atoms with Crippen LogP contribution in [0.5, 0.6) is 5.75 Å². The topological polar surface area (TPSA) is 192 Å². The highest BCUT2D eigenvalue weighted by Gasteiger charge is 2.34. The molecule has 0 bridgehead atoms. The summed E-state index contributed by atoms with van der Waals surface area (Å²) in [5, 5.41) is 8.82. The van der Waals surface area contributed by atoms with E-state index in [0.29, 0.717) is 64.0 Å². The minimum Gasteiger partial charge on any atom is -0.791 e. The molecular weight excluding hydrogens is 874 g/mol. The molecule has 0 radical (unpaired) electrons. The number of hydrogen-bond donors (Lipinski definition) is 3. The molecular formula is C48H65N3O12PS-. The molecule has 0 fully saturated rings. The minimum absolute atomic E-state index is 0.0106. The van der Waals surface area contributed by atoms with Gasteiger partial charge in [0, 0.05) is 68.6 Å². The zero-order valence-corrected chi connectivity index (χ0v) is 39.4. The third-order valence-electron chi connectivity index (χ3n) is 9.68. The summed E-state index contributed by atoms with van der Waals surface area (Å²) in [6.07, 6.45) is 16.8. The van der Waals surface area contributed by atoms with E-state index < -0.39 is 17.9 Å². The van der Waals surface area contributed by atoms with Gasteiger partial charge in [-0.2, -0.15) is 0 Å². The molecule has 1 unspecified atom stereocenters. The molecule has 0 saturated heterocycles. The van der Waals surface area contributed by atoms with Gasteiger partial charge < -0.3 is 53.8 Å². The number of nitrogens with one attached hydrogen (secondary N) is 3. The quantitative estimate of drug-likeness (QED) is 0.0497. The normalized spacial score (nSPS) is 12.0. The second-order valence-electron chi connectivity index (χ2n) is 15.0. The van der Waals surface area contributed by atoms with Crippen LogP contribution in [0.2, 0.25) is 0 Å². The summed E-state index contributed by atoms with van der Waals surface area (Å²) < 4.78 is 37.7.